The van der Waals surface area contributed by atoms with E-state index in [1.165, 1.54) is 0 Å². The zero-order valence-electron chi connectivity index (χ0n) is 16.5. The molecule has 0 fully saturated rings. The zero-order valence-corrected chi connectivity index (χ0v) is 29.2. The molecule has 0 aromatic carbocycles. The Morgan fingerprint density at radius 1 is 0.533 bits per heavy atom. The molecular formula is C2H17N4Na5O16P3. The fourth-order valence-electron chi connectivity index (χ4n) is 0.284. The van der Waals surface area contributed by atoms with Gasteiger partial charge in [0.25, 0.3) is 0 Å². The van der Waals surface area contributed by atoms with Crippen LogP contribution in [-0.2, 0) is 22.3 Å². The van der Waals surface area contributed by atoms with Gasteiger partial charge in [0.1, 0.15) is 0 Å². The number of hydrogen-bond acceptors (Lipinski definition) is 11. The van der Waals surface area contributed by atoms with Gasteiger partial charge in [-0.05, 0) is 0 Å². The van der Waals surface area contributed by atoms with E-state index < -0.39 is 35.5 Å². The van der Waals surface area contributed by atoms with E-state index in [0.717, 1.165) is 0 Å². The van der Waals surface area contributed by atoms with Gasteiger partial charge in [-0.25, -0.2) is 23.3 Å². The Kier molecular flexibility index (Phi) is 79.9. The molecule has 0 aliphatic heterocycles. The summed E-state index contributed by atoms with van der Waals surface area (Å²) in [6.45, 7) is 0. The number of primary amides is 4. The zero-order chi connectivity index (χ0) is 22.1. The third-order valence-corrected chi connectivity index (χ3v) is 3.77. The molecule has 20 nitrogen and oxygen atoms in total. The SMILES string of the molecule is NC(N)=O.NC(N)=O.O=P(O)(O)OP(=O)(O)OP(=O)(O)O.OO.OO.[Na].[Na].[Na].[Na].[Na]. The molecule has 28 heteroatoms. The van der Waals surface area contributed by atoms with Crippen LogP contribution in [0.1, 0.15) is 0 Å². The third-order valence-electron chi connectivity index (χ3n) is 0.419. The van der Waals surface area contributed by atoms with Crippen molar-refractivity contribution in [2.45, 2.75) is 0 Å². The minimum atomic E-state index is -5.46. The number of amides is 4. The van der Waals surface area contributed by atoms with Crippen LogP contribution in [0.2, 0.25) is 0 Å². The molecule has 0 aromatic heterocycles. The monoisotopic (exact) mass is 561 g/mol. The Labute approximate surface area is 279 Å². The maximum absolute atomic E-state index is 10.4. The van der Waals surface area contributed by atoms with Crippen LogP contribution in [0.3, 0.4) is 0 Å². The van der Waals surface area contributed by atoms with Crippen molar-refractivity contribution >= 4 is 183 Å². The summed E-state index contributed by atoms with van der Waals surface area (Å²) >= 11 is 0. The first-order valence-electron chi connectivity index (χ1n) is 4.24. The van der Waals surface area contributed by atoms with Gasteiger partial charge < -0.3 is 47.4 Å². The molecule has 0 atom stereocenters. The van der Waals surface area contributed by atoms with Crippen LogP contribution < -0.4 is 22.9 Å². The van der Waals surface area contributed by atoms with Crippen LogP contribution in [0.15, 0.2) is 0 Å². The van der Waals surface area contributed by atoms with Crippen molar-refractivity contribution in [3.8, 4) is 0 Å². The van der Waals surface area contributed by atoms with Crippen molar-refractivity contribution in [3.05, 3.63) is 0 Å². The molecule has 0 aliphatic carbocycles. The third kappa shape index (κ3) is 121. The number of carbonyl (C=O) groups is 2. The normalized spacial score (nSPS) is 8.30. The molecular weight excluding hydrogens is 544 g/mol. The summed E-state index contributed by atoms with van der Waals surface area (Å²) in [6, 6.07) is -1.67. The minimum absolute atomic E-state index is 0. The van der Waals surface area contributed by atoms with E-state index >= 15 is 0 Å². The van der Waals surface area contributed by atoms with Crippen LogP contribution in [0.25, 0.3) is 0 Å². The van der Waals surface area contributed by atoms with Gasteiger partial charge in [-0.2, -0.15) is 8.62 Å². The molecule has 0 aliphatic rings. The van der Waals surface area contributed by atoms with Crippen molar-refractivity contribution < 1.29 is 77.4 Å². The Balaban J connectivity index is -0.0000000252. The summed E-state index contributed by atoms with van der Waals surface area (Å²) in [5.41, 5.74) is 17.0. The van der Waals surface area contributed by atoms with Crippen molar-refractivity contribution in [2.75, 3.05) is 0 Å². The van der Waals surface area contributed by atoms with Crippen molar-refractivity contribution in [1.82, 2.24) is 0 Å². The summed E-state index contributed by atoms with van der Waals surface area (Å²) in [5.74, 6) is 0. The van der Waals surface area contributed by atoms with E-state index in [-0.39, 0.29) is 148 Å². The number of carbonyl (C=O) groups excluding carboxylic acids is 2. The quantitative estimate of drug-likeness (QED) is 0.0665. The van der Waals surface area contributed by atoms with Gasteiger partial charge in [0.15, 0.2) is 0 Å². The molecule has 0 bridgehead atoms. The Morgan fingerprint density at radius 2 is 0.633 bits per heavy atom. The maximum Gasteiger partial charge on any atom is 0.490 e. The summed E-state index contributed by atoms with van der Waals surface area (Å²) in [5, 5.41) is 24.0. The Morgan fingerprint density at radius 3 is 0.700 bits per heavy atom. The van der Waals surface area contributed by atoms with Gasteiger partial charge in [0.05, 0.1) is 0 Å². The molecule has 4 amide bonds. The smallest absolute Gasteiger partial charge is 0.352 e. The van der Waals surface area contributed by atoms with Gasteiger partial charge >= 0.3 is 35.5 Å². The topological polar surface area (TPSA) is 390 Å². The fourth-order valence-corrected chi connectivity index (χ4v) is 2.82. The second kappa shape index (κ2) is 37.3. The summed E-state index contributed by atoms with van der Waals surface area (Å²) in [4.78, 5) is 58.2. The molecule has 0 rings (SSSR count). The molecule has 5 radical (unpaired) electrons. The minimum Gasteiger partial charge on any atom is -0.352 e. The predicted molar refractivity (Wildman–Crippen MR) is 103 cm³/mol. The van der Waals surface area contributed by atoms with E-state index in [4.69, 9.17) is 55.1 Å². The van der Waals surface area contributed by atoms with E-state index in [2.05, 4.69) is 31.6 Å². The number of phosphoric acid groups is 3. The van der Waals surface area contributed by atoms with Gasteiger partial charge in [0.2, 0.25) is 0 Å². The maximum atomic E-state index is 10.4. The molecule has 0 spiro atoms. The number of hydrogen-bond donors (Lipinski definition) is 13. The molecule has 30 heavy (non-hydrogen) atoms. The summed E-state index contributed by atoms with van der Waals surface area (Å²) in [7, 11) is -16.2. The predicted octanol–water partition coefficient (Wildman–Crippen LogP) is -4.52. The van der Waals surface area contributed by atoms with Crippen LogP contribution in [-0.4, -0.2) is 205 Å². The van der Waals surface area contributed by atoms with Crippen LogP contribution >= 0.6 is 23.5 Å². The molecule has 0 saturated heterocycles. The van der Waals surface area contributed by atoms with E-state index in [1.807, 2.05) is 0 Å². The van der Waals surface area contributed by atoms with Crippen molar-refractivity contribution in [1.29, 1.82) is 0 Å². The average Bonchev–Trinajstić information content (AvgIpc) is 2.25. The standard InChI is InChI=1S/2CH4N2O.5Na.H5O10P3.2H2O2/c2*2-1(3)4;;;;;;1-11(2,3)9-13(7,8)10-12(4,5)6;2*1-2/h2*(H4,2,3,4);;;;;;(H,7,8)(H2,1,2,3)(H2,4,5,6);2*1-2H. The van der Waals surface area contributed by atoms with Crippen LogP contribution in [0.4, 0.5) is 9.59 Å². The van der Waals surface area contributed by atoms with Gasteiger partial charge in [0, 0.05) is 148 Å². The van der Waals surface area contributed by atoms with Crippen LogP contribution in [0.5, 0.6) is 0 Å². The molecule has 17 N–H and O–H groups in total. The van der Waals surface area contributed by atoms with Gasteiger partial charge in [-0.3, -0.25) is 21.0 Å². The largest absolute Gasteiger partial charge is 0.490 e. The molecule has 0 saturated carbocycles. The molecule has 0 heterocycles. The van der Waals surface area contributed by atoms with E-state index in [9.17, 15) is 13.7 Å². The Bertz CT molecular complexity index is 451. The first-order chi connectivity index (χ1) is 10.9. The van der Waals surface area contributed by atoms with E-state index in [1.54, 1.807) is 0 Å². The molecule has 0 unspecified atom stereocenters. The Hall–Kier alpha value is 3.79. The number of nitrogens with two attached hydrogens (primary N) is 4. The van der Waals surface area contributed by atoms with Crippen molar-refractivity contribution in [3.63, 3.8) is 0 Å². The second-order valence-electron chi connectivity index (χ2n) is 2.42. The fraction of sp³-hybridized carbons (Fsp3) is 0. The van der Waals surface area contributed by atoms with Crippen molar-refractivity contribution in [2.24, 2.45) is 22.9 Å². The molecule has 161 valence electrons. The number of rotatable bonds is 4. The first-order valence-corrected chi connectivity index (χ1v) is 8.80. The first kappa shape index (κ1) is 64.2. The summed E-state index contributed by atoms with van der Waals surface area (Å²) < 4.78 is 36.4. The average molecular weight is 561 g/mol. The van der Waals surface area contributed by atoms with E-state index in [0.29, 0.717) is 0 Å². The van der Waals surface area contributed by atoms with Crippen LogP contribution in [0, 0.1) is 0 Å². The van der Waals surface area contributed by atoms with Gasteiger partial charge in [-0.1, -0.05) is 0 Å². The summed E-state index contributed by atoms with van der Waals surface area (Å²) in [6.07, 6.45) is 0. The molecule has 0 aromatic rings. The second-order valence-corrected chi connectivity index (χ2v) is 6.62. The number of urea groups is 2. The van der Waals surface area contributed by atoms with Gasteiger partial charge in [-0.15, -0.1) is 0 Å².